The average Bonchev–Trinajstić information content (AvgIpc) is 2.50. The van der Waals surface area contributed by atoms with Gasteiger partial charge in [0.05, 0.1) is 0 Å². The zero-order chi connectivity index (χ0) is 12.9. The Kier molecular flexibility index (Phi) is 5.19. The number of rotatable bonds is 2. The predicted octanol–water partition coefficient (Wildman–Crippen LogP) is 2.18. The maximum absolute atomic E-state index is 11.8. The van der Waals surface area contributed by atoms with Crippen molar-refractivity contribution in [3.63, 3.8) is 0 Å². The molecule has 0 aliphatic carbocycles. The minimum absolute atomic E-state index is 0.116. The summed E-state index contributed by atoms with van der Waals surface area (Å²) in [7, 11) is 0. The fraction of sp³-hybridized carbons (Fsp3) is 0.786. The van der Waals surface area contributed by atoms with Crippen LogP contribution in [0.1, 0.15) is 40.0 Å². The number of carbonyl (C=O) groups is 1. The van der Waals surface area contributed by atoms with Gasteiger partial charge in [0.15, 0.2) is 0 Å². The van der Waals surface area contributed by atoms with Gasteiger partial charge in [-0.2, -0.15) is 0 Å². The van der Waals surface area contributed by atoms with Crippen LogP contribution in [0.3, 0.4) is 0 Å². The molecule has 1 aliphatic heterocycles. The Labute approximate surface area is 105 Å². The molecule has 0 aromatic heterocycles. The third kappa shape index (κ3) is 4.50. The molecule has 98 valence electrons. The molecule has 1 atom stereocenters. The van der Waals surface area contributed by atoms with Gasteiger partial charge in [0.2, 0.25) is 5.91 Å². The van der Waals surface area contributed by atoms with Gasteiger partial charge in [-0.15, -0.1) is 0 Å². The largest absolute Gasteiger partial charge is 0.339 e. The van der Waals surface area contributed by atoms with E-state index in [0.717, 1.165) is 31.8 Å². The number of hydrogen-bond donors (Lipinski definition) is 1. The second-order valence-electron chi connectivity index (χ2n) is 5.96. The molecule has 1 fully saturated rings. The summed E-state index contributed by atoms with van der Waals surface area (Å²) in [5.41, 5.74) is 5.71. The number of amides is 1. The van der Waals surface area contributed by atoms with Crippen molar-refractivity contribution in [2.45, 2.75) is 40.0 Å². The first kappa shape index (κ1) is 14.2. The van der Waals surface area contributed by atoms with Gasteiger partial charge in [-0.05, 0) is 30.6 Å². The Morgan fingerprint density at radius 2 is 2.06 bits per heavy atom. The fourth-order valence-corrected chi connectivity index (χ4v) is 2.46. The van der Waals surface area contributed by atoms with E-state index < -0.39 is 0 Å². The highest BCUT2D eigenvalue weighted by Crippen LogP contribution is 2.34. The summed E-state index contributed by atoms with van der Waals surface area (Å²) in [6.45, 7) is 9.09. The number of carbonyl (C=O) groups excluding carboxylic acids is 1. The molecule has 0 aromatic carbocycles. The third-order valence-corrected chi connectivity index (χ3v) is 3.66. The van der Waals surface area contributed by atoms with Crippen LogP contribution in [-0.2, 0) is 4.79 Å². The average molecular weight is 238 g/mol. The number of nitrogens with zero attached hydrogens (tertiary/aromatic N) is 1. The summed E-state index contributed by atoms with van der Waals surface area (Å²) in [5.74, 6) is 0.837. The molecule has 0 radical (unpaired) electrons. The van der Waals surface area contributed by atoms with Gasteiger partial charge < -0.3 is 10.6 Å². The Hall–Kier alpha value is -0.830. The molecule has 0 spiro atoms. The van der Waals surface area contributed by atoms with E-state index in [1.54, 1.807) is 12.2 Å². The van der Waals surface area contributed by atoms with Crippen LogP contribution in [0.5, 0.6) is 0 Å². The van der Waals surface area contributed by atoms with Crippen molar-refractivity contribution in [3.8, 4) is 0 Å². The Morgan fingerprint density at radius 3 is 2.65 bits per heavy atom. The van der Waals surface area contributed by atoms with Gasteiger partial charge in [0, 0.05) is 25.7 Å². The van der Waals surface area contributed by atoms with Crippen molar-refractivity contribution in [2.75, 3.05) is 19.6 Å². The number of likely N-dealkylation sites (tertiary alicyclic amines) is 1. The SMILES string of the molecule is CC(C)(C)C1CCCN(C(=O)/C=C/CN)CC1. The lowest BCUT2D eigenvalue weighted by Crippen LogP contribution is -2.31. The fourth-order valence-electron chi connectivity index (χ4n) is 2.46. The molecule has 1 amide bonds. The third-order valence-electron chi connectivity index (χ3n) is 3.66. The quantitative estimate of drug-likeness (QED) is 0.749. The molecule has 1 saturated heterocycles. The van der Waals surface area contributed by atoms with E-state index >= 15 is 0 Å². The first-order valence-corrected chi connectivity index (χ1v) is 6.60. The van der Waals surface area contributed by atoms with Crippen LogP contribution >= 0.6 is 0 Å². The summed E-state index contributed by atoms with van der Waals surface area (Å²) in [4.78, 5) is 13.8. The Bertz CT molecular complexity index is 278. The van der Waals surface area contributed by atoms with E-state index in [9.17, 15) is 4.79 Å². The first-order valence-electron chi connectivity index (χ1n) is 6.60. The lowest BCUT2D eigenvalue weighted by atomic mass is 9.77. The molecule has 17 heavy (non-hydrogen) atoms. The smallest absolute Gasteiger partial charge is 0.246 e. The van der Waals surface area contributed by atoms with Gasteiger partial charge >= 0.3 is 0 Å². The molecule has 3 nitrogen and oxygen atoms in total. The van der Waals surface area contributed by atoms with Crippen molar-refractivity contribution in [1.29, 1.82) is 0 Å². The van der Waals surface area contributed by atoms with E-state index in [1.165, 1.54) is 6.42 Å². The summed E-state index contributed by atoms with van der Waals surface area (Å²) in [5, 5.41) is 0. The molecule has 1 rings (SSSR count). The van der Waals surface area contributed by atoms with Crippen molar-refractivity contribution in [2.24, 2.45) is 17.1 Å². The van der Waals surface area contributed by atoms with Crippen molar-refractivity contribution in [1.82, 2.24) is 4.90 Å². The van der Waals surface area contributed by atoms with Crippen molar-refractivity contribution < 1.29 is 4.79 Å². The molecular weight excluding hydrogens is 212 g/mol. The van der Waals surface area contributed by atoms with Crippen LogP contribution in [0.25, 0.3) is 0 Å². The Morgan fingerprint density at radius 1 is 1.35 bits per heavy atom. The van der Waals surface area contributed by atoms with Gasteiger partial charge in [0.25, 0.3) is 0 Å². The normalized spacial score (nSPS) is 22.8. The highest BCUT2D eigenvalue weighted by molar-refractivity contribution is 5.87. The number of hydrogen-bond acceptors (Lipinski definition) is 2. The highest BCUT2D eigenvalue weighted by Gasteiger charge is 2.27. The maximum atomic E-state index is 11.8. The lowest BCUT2D eigenvalue weighted by Gasteiger charge is -2.29. The van der Waals surface area contributed by atoms with Crippen LogP contribution in [0.2, 0.25) is 0 Å². The van der Waals surface area contributed by atoms with Crippen LogP contribution in [0.15, 0.2) is 12.2 Å². The Balaban J connectivity index is 2.53. The molecule has 0 bridgehead atoms. The molecule has 1 heterocycles. The minimum Gasteiger partial charge on any atom is -0.339 e. The van der Waals surface area contributed by atoms with Gasteiger partial charge in [-0.25, -0.2) is 0 Å². The second kappa shape index (κ2) is 6.20. The second-order valence-corrected chi connectivity index (χ2v) is 5.96. The van der Waals surface area contributed by atoms with Crippen LogP contribution in [-0.4, -0.2) is 30.4 Å². The topological polar surface area (TPSA) is 46.3 Å². The van der Waals surface area contributed by atoms with E-state index in [4.69, 9.17) is 5.73 Å². The van der Waals surface area contributed by atoms with Crippen LogP contribution in [0, 0.1) is 11.3 Å². The molecule has 1 aliphatic rings. The monoisotopic (exact) mass is 238 g/mol. The van der Waals surface area contributed by atoms with Gasteiger partial charge in [-0.1, -0.05) is 26.8 Å². The molecule has 0 saturated carbocycles. The summed E-state index contributed by atoms with van der Waals surface area (Å²) in [6.07, 6.45) is 6.80. The zero-order valence-electron chi connectivity index (χ0n) is 11.4. The van der Waals surface area contributed by atoms with E-state index in [0.29, 0.717) is 12.0 Å². The molecule has 0 aromatic rings. The molecule has 1 unspecified atom stereocenters. The van der Waals surface area contributed by atoms with Crippen molar-refractivity contribution >= 4 is 5.91 Å². The maximum Gasteiger partial charge on any atom is 0.246 e. The molecule has 2 N–H and O–H groups in total. The van der Waals surface area contributed by atoms with Gasteiger partial charge in [-0.3, -0.25) is 4.79 Å². The summed E-state index contributed by atoms with van der Waals surface area (Å²) in [6, 6.07) is 0. The van der Waals surface area contributed by atoms with Gasteiger partial charge in [0.1, 0.15) is 0 Å². The molecular formula is C14H26N2O. The zero-order valence-corrected chi connectivity index (χ0v) is 11.4. The molecule has 3 heteroatoms. The standard InChI is InChI=1S/C14H26N2O/c1-14(2,3)12-6-5-10-16(11-8-12)13(17)7-4-9-15/h4,7,12H,5-6,8-11,15H2,1-3H3/b7-4+. The number of nitrogens with two attached hydrogens (primary N) is 1. The first-order chi connectivity index (χ1) is 7.95. The van der Waals surface area contributed by atoms with Crippen LogP contribution < -0.4 is 5.73 Å². The van der Waals surface area contributed by atoms with E-state index in [2.05, 4.69) is 20.8 Å². The van der Waals surface area contributed by atoms with E-state index in [-0.39, 0.29) is 5.91 Å². The predicted molar refractivity (Wildman–Crippen MR) is 71.6 cm³/mol. The highest BCUT2D eigenvalue weighted by atomic mass is 16.2. The minimum atomic E-state index is 0.116. The lowest BCUT2D eigenvalue weighted by molar-refractivity contribution is -0.126. The van der Waals surface area contributed by atoms with Crippen molar-refractivity contribution in [3.05, 3.63) is 12.2 Å². The van der Waals surface area contributed by atoms with E-state index in [1.807, 2.05) is 4.90 Å². The van der Waals surface area contributed by atoms with Crippen LogP contribution in [0.4, 0.5) is 0 Å². The summed E-state index contributed by atoms with van der Waals surface area (Å²) >= 11 is 0. The summed E-state index contributed by atoms with van der Waals surface area (Å²) < 4.78 is 0.